The Balaban J connectivity index is 2.08. The summed E-state index contributed by atoms with van der Waals surface area (Å²) in [4.78, 5) is 4.41. The third kappa shape index (κ3) is 4.55. The van der Waals surface area contributed by atoms with E-state index < -0.39 is 0 Å². The molecule has 4 nitrogen and oxygen atoms in total. The van der Waals surface area contributed by atoms with E-state index in [4.69, 9.17) is 11.6 Å². The molecular formula is C16H23ClN4. The molecule has 114 valence electrons. The fraction of sp³-hybridized carbons (Fsp3) is 0.500. The van der Waals surface area contributed by atoms with E-state index in [1.54, 1.807) is 6.33 Å². The third-order valence-corrected chi connectivity index (χ3v) is 3.93. The summed E-state index contributed by atoms with van der Waals surface area (Å²) in [6, 6.07) is 8.06. The zero-order valence-corrected chi connectivity index (χ0v) is 13.5. The first-order chi connectivity index (χ1) is 10.2. The second kappa shape index (κ2) is 8.15. The molecule has 0 amide bonds. The van der Waals surface area contributed by atoms with Crippen LogP contribution in [-0.4, -0.2) is 28.4 Å². The van der Waals surface area contributed by atoms with Crippen molar-refractivity contribution in [2.24, 2.45) is 5.92 Å². The second-order valence-corrected chi connectivity index (χ2v) is 5.73. The molecule has 1 unspecified atom stereocenters. The predicted octanol–water partition coefficient (Wildman–Crippen LogP) is 2.96. The molecule has 0 aliphatic carbocycles. The Morgan fingerprint density at radius 2 is 2.10 bits per heavy atom. The molecule has 2 rings (SSSR count). The molecule has 0 saturated heterocycles. The Morgan fingerprint density at radius 1 is 1.29 bits per heavy atom. The molecule has 0 aliphatic rings. The van der Waals surface area contributed by atoms with Crippen LogP contribution in [0.15, 0.2) is 30.6 Å². The van der Waals surface area contributed by atoms with Crippen molar-refractivity contribution in [1.82, 2.24) is 20.1 Å². The third-order valence-electron chi connectivity index (χ3n) is 3.56. The number of halogens is 1. The van der Waals surface area contributed by atoms with Gasteiger partial charge in [-0.15, -0.1) is 0 Å². The molecule has 5 heteroatoms. The normalized spacial score (nSPS) is 12.5. The van der Waals surface area contributed by atoms with E-state index in [1.165, 1.54) is 5.56 Å². The highest BCUT2D eigenvalue weighted by Gasteiger charge is 2.15. The van der Waals surface area contributed by atoms with Crippen LogP contribution >= 0.6 is 11.6 Å². The molecule has 0 spiro atoms. The Hall–Kier alpha value is -1.39. The van der Waals surface area contributed by atoms with Crippen LogP contribution in [0.3, 0.4) is 0 Å². The van der Waals surface area contributed by atoms with Gasteiger partial charge in [-0.05, 0) is 44.0 Å². The number of nitrogens with one attached hydrogen (secondary N) is 1. The molecule has 1 atom stereocenters. The number of nitrogens with zero attached hydrogens (tertiary/aromatic N) is 3. The first-order valence-electron chi connectivity index (χ1n) is 7.49. The monoisotopic (exact) mass is 306 g/mol. The summed E-state index contributed by atoms with van der Waals surface area (Å²) in [7, 11) is 1.98. The summed E-state index contributed by atoms with van der Waals surface area (Å²) in [5.74, 6) is 1.51. The van der Waals surface area contributed by atoms with Gasteiger partial charge in [0.25, 0.3) is 0 Å². The fourth-order valence-corrected chi connectivity index (χ4v) is 2.80. The van der Waals surface area contributed by atoms with E-state index in [0.717, 1.165) is 43.2 Å². The Bertz CT molecular complexity index is 553. The van der Waals surface area contributed by atoms with Gasteiger partial charge in [0, 0.05) is 18.0 Å². The highest BCUT2D eigenvalue weighted by molar-refractivity contribution is 6.31. The van der Waals surface area contributed by atoms with Crippen molar-refractivity contribution in [3.63, 3.8) is 0 Å². The number of benzene rings is 1. The van der Waals surface area contributed by atoms with Gasteiger partial charge < -0.3 is 5.32 Å². The highest BCUT2D eigenvalue weighted by Crippen LogP contribution is 2.20. The van der Waals surface area contributed by atoms with E-state index in [2.05, 4.69) is 28.4 Å². The van der Waals surface area contributed by atoms with E-state index in [1.807, 2.05) is 29.9 Å². The van der Waals surface area contributed by atoms with Gasteiger partial charge in [-0.25, -0.2) is 4.98 Å². The second-order valence-electron chi connectivity index (χ2n) is 5.32. The summed E-state index contributed by atoms with van der Waals surface area (Å²) in [5.41, 5.74) is 1.20. The van der Waals surface area contributed by atoms with Crippen molar-refractivity contribution in [3.8, 4) is 0 Å². The van der Waals surface area contributed by atoms with Crippen molar-refractivity contribution in [2.45, 2.75) is 32.7 Å². The zero-order valence-electron chi connectivity index (χ0n) is 12.7. The Kier molecular flexibility index (Phi) is 6.21. The molecule has 0 bridgehead atoms. The summed E-state index contributed by atoms with van der Waals surface area (Å²) in [5, 5.41) is 8.41. The number of aromatic nitrogens is 3. The van der Waals surface area contributed by atoms with Gasteiger partial charge in [0.1, 0.15) is 12.2 Å². The minimum Gasteiger partial charge on any atom is -0.319 e. The number of hydrogen-bond acceptors (Lipinski definition) is 3. The number of rotatable bonds is 8. The lowest BCUT2D eigenvalue weighted by Crippen LogP contribution is -2.24. The smallest absolute Gasteiger partial charge is 0.138 e. The summed E-state index contributed by atoms with van der Waals surface area (Å²) >= 11 is 6.28. The summed E-state index contributed by atoms with van der Waals surface area (Å²) in [6.45, 7) is 4.01. The molecule has 2 aromatic rings. The Morgan fingerprint density at radius 3 is 2.81 bits per heavy atom. The minimum absolute atomic E-state index is 0.453. The molecule has 0 saturated carbocycles. The minimum atomic E-state index is 0.453. The van der Waals surface area contributed by atoms with Crippen LogP contribution in [-0.2, 0) is 19.4 Å². The molecule has 1 aromatic heterocycles. The molecule has 0 fully saturated rings. The maximum Gasteiger partial charge on any atom is 0.138 e. The average molecular weight is 307 g/mol. The maximum absolute atomic E-state index is 6.28. The van der Waals surface area contributed by atoms with Crippen molar-refractivity contribution < 1.29 is 0 Å². The molecular weight excluding hydrogens is 284 g/mol. The van der Waals surface area contributed by atoms with Gasteiger partial charge in [0.05, 0.1) is 0 Å². The lowest BCUT2D eigenvalue weighted by Gasteiger charge is -2.17. The van der Waals surface area contributed by atoms with Crippen LogP contribution in [0.1, 0.15) is 24.7 Å². The molecule has 0 aliphatic heterocycles. The highest BCUT2D eigenvalue weighted by atomic mass is 35.5. The van der Waals surface area contributed by atoms with E-state index in [9.17, 15) is 0 Å². The van der Waals surface area contributed by atoms with Crippen LogP contribution in [0.2, 0.25) is 5.02 Å². The van der Waals surface area contributed by atoms with E-state index in [-0.39, 0.29) is 0 Å². The van der Waals surface area contributed by atoms with E-state index in [0.29, 0.717) is 5.92 Å². The summed E-state index contributed by atoms with van der Waals surface area (Å²) in [6.07, 6.45) is 4.57. The van der Waals surface area contributed by atoms with Gasteiger partial charge in [-0.3, -0.25) is 4.68 Å². The largest absolute Gasteiger partial charge is 0.319 e. The molecule has 0 radical (unpaired) electrons. The van der Waals surface area contributed by atoms with Gasteiger partial charge in [-0.1, -0.05) is 36.7 Å². The fourth-order valence-electron chi connectivity index (χ4n) is 2.58. The van der Waals surface area contributed by atoms with Crippen LogP contribution in [0.5, 0.6) is 0 Å². The lowest BCUT2D eigenvalue weighted by molar-refractivity contribution is 0.458. The van der Waals surface area contributed by atoms with Gasteiger partial charge >= 0.3 is 0 Å². The van der Waals surface area contributed by atoms with Gasteiger partial charge in [0.15, 0.2) is 0 Å². The average Bonchev–Trinajstić information content (AvgIpc) is 2.89. The first kappa shape index (κ1) is 16.0. The van der Waals surface area contributed by atoms with Gasteiger partial charge in [0.2, 0.25) is 0 Å². The van der Waals surface area contributed by atoms with Gasteiger partial charge in [-0.2, -0.15) is 5.10 Å². The van der Waals surface area contributed by atoms with Crippen LogP contribution < -0.4 is 5.32 Å². The van der Waals surface area contributed by atoms with Crippen molar-refractivity contribution in [1.29, 1.82) is 0 Å². The maximum atomic E-state index is 6.28. The lowest BCUT2D eigenvalue weighted by atomic mass is 9.95. The Labute approximate surface area is 131 Å². The SMILES string of the molecule is CCCn1ncnc1CC(CNC)Cc1ccccc1Cl. The van der Waals surface area contributed by atoms with Crippen LogP contribution in [0, 0.1) is 5.92 Å². The standard InChI is InChI=1S/C16H23ClN4/c1-3-8-21-16(19-12-20-21)10-13(11-18-2)9-14-6-4-5-7-15(14)17/h4-7,12-13,18H,3,8-11H2,1-2H3. The topological polar surface area (TPSA) is 42.7 Å². The molecule has 1 aromatic carbocycles. The molecule has 21 heavy (non-hydrogen) atoms. The van der Waals surface area contributed by atoms with Crippen molar-refractivity contribution >= 4 is 11.6 Å². The summed E-state index contributed by atoms with van der Waals surface area (Å²) < 4.78 is 2.01. The van der Waals surface area contributed by atoms with Crippen molar-refractivity contribution in [2.75, 3.05) is 13.6 Å². The van der Waals surface area contributed by atoms with Crippen LogP contribution in [0.25, 0.3) is 0 Å². The number of aryl methyl sites for hydroxylation is 1. The predicted molar refractivity (Wildman–Crippen MR) is 86.6 cm³/mol. The van der Waals surface area contributed by atoms with Crippen molar-refractivity contribution in [3.05, 3.63) is 47.0 Å². The molecule has 1 N–H and O–H groups in total. The first-order valence-corrected chi connectivity index (χ1v) is 7.87. The van der Waals surface area contributed by atoms with Crippen LogP contribution in [0.4, 0.5) is 0 Å². The molecule has 1 heterocycles. The number of hydrogen-bond donors (Lipinski definition) is 1. The zero-order chi connectivity index (χ0) is 15.1. The quantitative estimate of drug-likeness (QED) is 0.815. The van der Waals surface area contributed by atoms with E-state index >= 15 is 0 Å².